The maximum absolute atomic E-state index is 5.83. The summed E-state index contributed by atoms with van der Waals surface area (Å²) in [6.07, 6.45) is 0. The van der Waals surface area contributed by atoms with Gasteiger partial charge in [-0.3, -0.25) is 0 Å². The van der Waals surface area contributed by atoms with E-state index in [-0.39, 0.29) is 5.28 Å². The number of fused-ring (bicyclic) bond motifs is 1. The van der Waals surface area contributed by atoms with Gasteiger partial charge in [-0.15, -0.1) is 11.3 Å². The molecule has 4 nitrogen and oxygen atoms in total. The molecule has 0 aliphatic heterocycles. The largest absolute Gasteiger partial charge is 0.380 e. The summed E-state index contributed by atoms with van der Waals surface area (Å²) in [7, 11) is 0. The maximum Gasteiger partial charge on any atom is 0.225 e. The zero-order valence-electron chi connectivity index (χ0n) is 8.86. The van der Waals surface area contributed by atoms with Gasteiger partial charge in [0.1, 0.15) is 10.6 Å². The lowest BCUT2D eigenvalue weighted by Gasteiger charge is -2.06. The van der Waals surface area contributed by atoms with Crippen LogP contribution in [0.4, 0.5) is 5.82 Å². The first-order chi connectivity index (χ1) is 7.81. The van der Waals surface area contributed by atoms with Crippen molar-refractivity contribution < 1.29 is 4.74 Å². The Labute approximate surface area is 103 Å². The molecule has 6 heteroatoms. The van der Waals surface area contributed by atoms with E-state index in [0.717, 1.165) is 22.6 Å². The van der Waals surface area contributed by atoms with Gasteiger partial charge < -0.3 is 10.1 Å². The second-order valence-corrected chi connectivity index (χ2v) is 4.34. The number of nitrogens with zero attached hydrogens (tertiary/aromatic N) is 2. The summed E-state index contributed by atoms with van der Waals surface area (Å²) in [6.45, 7) is 4.06. The third-order valence-corrected chi connectivity index (χ3v) is 3.02. The molecule has 16 heavy (non-hydrogen) atoms. The van der Waals surface area contributed by atoms with Crippen LogP contribution in [0, 0.1) is 0 Å². The Bertz CT molecular complexity index is 474. The van der Waals surface area contributed by atoms with Crippen LogP contribution in [0.25, 0.3) is 10.2 Å². The Balaban J connectivity index is 2.12. The first-order valence-electron chi connectivity index (χ1n) is 5.03. The molecule has 0 fully saturated rings. The lowest BCUT2D eigenvalue weighted by Crippen LogP contribution is -2.10. The lowest BCUT2D eigenvalue weighted by molar-refractivity contribution is 0.158. The molecule has 2 heterocycles. The fraction of sp³-hybridized carbons (Fsp3) is 0.400. The van der Waals surface area contributed by atoms with Gasteiger partial charge in [0.2, 0.25) is 5.28 Å². The minimum absolute atomic E-state index is 0.272. The summed E-state index contributed by atoms with van der Waals surface area (Å²) in [6, 6.07) is 1.99. The molecule has 0 unspecified atom stereocenters. The molecule has 0 aromatic carbocycles. The Morgan fingerprint density at radius 3 is 3.19 bits per heavy atom. The molecule has 2 rings (SSSR count). The van der Waals surface area contributed by atoms with Crippen LogP contribution in [-0.4, -0.2) is 29.7 Å². The number of rotatable bonds is 5. The number of halogens is 1. The van der Waals surface area contributed by atoms with E-state index in [9.17, 15) is 0 Å². The van der Waals surface area contributed by atoms with Gasteiger partial charge in [0.15, 0.2) is 0 Å². The van der Waals surface area contributed by atoms with Crippen molar-refractivity contribution in [2.75, 3.05) is 25.1 Å². The van der Waals surface area contributed by atoms with Crippen LogP contribution < -0.4 is 5.32 Å². The molecule has 1 N–H and O–H groups in total. The van der Waals surface area contributed by atoms with Crippen LogP contribution in [0.1, 0.15) is 6.92 Å². The highest BCUT2D eigenvalue weighted by atomic mass is 35.5. The molecule has 0 aliphatic carbocycles. The quantitative estimate of drug-likeness (QED) is 0.661. The van der Waals surface area contributed by atoms with E-state index >= 15 is 0 Å². The third kappa shape index (κ3) is 2.61. The second kappa shape index (κ2) is 5.43. The summed E-state index contributed by atoms with van der Waals surface area (Å²) >= 11 is 7.39. The zero-order valence-corrected chi connectivity index (χ0v) is 10.4. The Morgan fingerprint density at radius 2 is 2.38 bits per heavy atom. The van der Waals surface area contributed by atoms with E-state index < -0.39 is 0 Å². The average molecular weight is 258 g/mol. The van der Waals surface area contributed by atoms with Gasteiger partial charge in [-0.1, -0.05) is 0 Å². The summed E-state index contributed by atoms with van der Waals surface area (Å²) < 4.78 is 5.24. The SMILES string of the molecule is CCOCCNc1nc(Cl)nc2sccc12. The van der Waals surface area contributed by atoms with Crippen LogP contribution in [-0.2, 0) is 4.74 Å². The topological polar surface area (TPSA) is 47.0 Å². The fourth-order valence-corrected chi connectivity index (χ4v) is 2.33. The van der Waals surface area contributed by atoms with Crippen LogP contribution in [0.3, 0.4) is 0 Å². The van der Waals surface area contributed by atoms with E-state index in [0.29, 0.717) is 13.2 Å². The van der Waals surface area contributed by atoms with Crippen molar-refractivity contribution in [1.82, 2.24) is 9.97 Å². The van der Waals surface area contributed by atoms with E-state index in [2.05, 4.69) is 15.3 Å². The van der Waals surface area contributed by atoms with E-state index in [1.54, 1.807) is 11.3 Å². The molecular formula is C10H12ClN3OS. The minimum Gasteiger partial charge on any atom is -0.380 e. The number of anilines is 1. The monoisotopic (exact) mass is 257 g/mol. The molecule has 0 saturated heterocycles. The summed E-state index contributed by atoms with van der Waals surface area (Å²) in [4.78, 5) is 9.21. The van der Waals surface area contributed by atoms with E-state index in [1.807, 2.05) is 18.4 Å². The second-order valence-electron chi connectivity index (χ2n) is 3.10. The first kappa shape index (κ1) is 11.6. The van der Waals surface area contributed by atoms with Crippen molar-refractivity contribution in [2.24, 2.45) is 0 Å². The van der Waals surface area contributed by atoms with Crippen LogP contribution in [0.5, 0.6) is 0 Å². The van der Waals surface area contributed by atoms with Gasteiger partial charge in [0.25, 0.3) is 0 Å². The summed E-state index contributed by atoms with van der Waals surface area (Å²) in [5, 5.41) is 6.45. The Morgan fingerprint density at radius 1 is 1.50 bits per heavy atom. The number of hydrogen-bond acceptors (Lipinski definition) is 5. The number of hydrogen-bond donors (Lipinski definition) is 1. The molecule has 0 bridgehead atoms. The highest BCUT2D eigenvalue weighted by molar-refractivity contribution is 7.16. The van der Waals surface area contributed by atoms with Gasteiger partial charge in [0, 0.05) is 13.2 Å². The fourth-order valence-electron chi connectivity index (χ4n) is 1.35. The highest BCUT2D eigenvalue weighted by Crippen LogP contribution is 2.26. The van der Waals surface area contributed by atoms with Crippen molar-refractivity contribution in [1.29, 1.82) is 0 Å². The molecule has 0 spiro atoms. The predicted molar refractivity (Wildman–Crippen MR) is 67.4 cm³/mol. The minimum atomic E-state index is 0.272. The van der Waals surface area contributed by atoms with Crippen molar-refractivity contribution in [3.8, 4) is 0 Å². The van der Waals surface area contributed by atoms with Crippen LogP contribution in [0.15, 0.2) is 11.4 Å². The molecule has 0 amide bonds. The molecule has 0 atom stereocenters. The molecule has 2 aromatic heterocycles. The lowest BCUT2D eigenvalue weighted by atomic mass is 10.4. The molecule has 0 saturated carbocycles. The number of thiophene rings is 1. The van der Waals surface area contributed by atoms with Crippen molar-refractivity contribution in [3.63, 3.8) is 0 Å². The number of aromatic nitrogens is 2. The smallest absolute Gasteiger partial charge is 0.225 e. The maximum atomic E-state index is 5.83. The average Bonchev–Trinajstić information content (AvgIpc) is 2.72. The molecule has 86 valence electrons. The Hall–Kier alpha value is -0.910. The van der Waals surface area contributed by atoms with Gasteiger partial charge >= 0.3 is 0 Å². The van der Waals surface area contributed by atoms with Crippen LogP contribution in [0.2, 0.25) is 5.28 Å². The predicted octanol–water partition coefficient (Wildman–Crippen LogP) is 2.79. The number of ether oxygens (including phenoxy) is 1. The molecule has 2 aromatic rings. The van der Waals surface area contributed by atoms with Gasteiger partial charge in [-0.25, -0.2) is 9.97 Å². The summed E-state index contributed by atoms with van der Waals surface area (Å²) in [5.74, 6) is 0.774. The van der Waals surface area contributed by atoms with Gasteiger partial charge in [0.05, 0.1) is 12.0 Å². The van der Waals surface area contributed by atoms with Crippen molar-refractivity contribution in [2.45, 2.75) is 6.92 Å². The van der Waals surface area contributed by atoms with Crippen molar-refractivity contribution in [3.05, 3.63) is 16.7 Å². The van der Waals surface area contributed by atoms with Crippen molar-refractivity contribution >= 4 is 39.0 Å². The molecular weight excluding hydrogens is 246 g/mol. The Kier molecular flexibility index (Phi) is 3.93. The van der Waals surface area contributed by atoms with Gasteiger partial charge in [-0.2, -0.15) is 0 Å². The standard InChI is InChI=1S/C10H12ClN3OS/c1-2-15-5-4-12-8-7-3-6-16-9(7)14-10(11)13-8/h3,6H,2,4-5H2,1H3,(H,12,13,14). The highest BCUT2D eigenvalue weighted by Gasteiger charge is 2.06. The first-order valence-corrected chi connectivity index (χ1v) is 6.29. The summed E-state index contributed by atoms with van der Waals surface area (Å²) in [5.41, 5.74) is 0. The third-order valence-electron chi connectivity index (χ3n) is 2.04. The van der Waals surface area contributed by atoms with E-state index in [4.69, 9.17) is 16.3 Å². The normalized spacial score (nSPS) is 10.9. The molecule has 0 aliphatic rings. The van der Waals surface area contributed by atoms with Gasteiger partial charge in [-0.05, 0) is 30.0 Å². The zero-order chi connectivity index (χ0) is 11.4. The van der Waals surface area contributed by atoms with E-state index in [1.165, 1.54) is 0 Å². The van der Waals surface area contributed by atoms with Crippen LogP contribution >= 0.6 is 22.9 Å². The molecule has 0 radical (unpaired) electrons. The number of nitrogens with one attached hydrogen (secondary N) is 1.